The van der Waals surface area contributed by atoms with Crippen LogP contribution in [0.4, 0.5) is 0 Å². The van der Waals surface area contributed by atoms with Gasteiger partial charge in [-0.2, -0.15) is 0 Å². The molecule has 0 aliphatic heterocycles. The number of aromatic nitrogens is 1. The van der Waals surface area contributed by atoms with Crippen molar-refractivity contribution < 1.29 is 0 Å². The minimum Gasteiger partial charge on any atom is -0.248 e. The molecule has 0 saturated carbocycles. The number of nitrogens with zero attached hydrogens (tertiary/aromatic N) is 1. The highest BCUT2D eigenvalue weighted by Gasteiger charge is 2.07. The number of benzene rings is 3. The second-order valence-corrected chi connectivity index (χ2v) is 6.30. The predicted octanol–water partition coefficient (Wildman–Crippen LogP) is 6.33. The van der Waals surface area contributed by atoms with Crippen LogP contribution in [0.1, 0.15) is 0 Å². The van der Waals surface area contributed by atoms with Gasteiger partial charge in [-0.1, -0.05) is 82.7 Å². The van der Waals surface area contributed by atoms with E-state index >= 15 is 0 Å². The minimum absolute atomic E-state index is 0.990. The van der Waals surface area contributed by atoms with Gasteiger partial charge in [-0.15, -0.1) is 0 Å². The lowest BCUT2D eigenvalue weighted by Crippen LogP contribution is -1.87. The summed E-state index contributed by atoms with van der Waals surface area (Å²) in [7, 11) is 0. The van der Waals surface area contributed by atoms with Crippen molar-refractivity contribution in [3.8, 4) is 22.4 Å². The molecule has 2 heteroatoms. The van der Waals surface area contributed by atoms with Crippen LogP contribution in [0.3, 0.4) is 0 Å². The zero-order valence-corrected chi connectivity index (χ0v) is 14.0. The molecule has 1 nitrogen and oxygen atoms in total. The van der Waals surface area contributed by atoms with Crippen LogP contribution in [-0.2, 0) is 0 Å². The number of fused-ring (bicyclic) bond motifs is 1. The highest BCUT2D eigenvalue weighted by Crippen LogP contribution is 2.32. The van der Waals surface area contributed by atoms with Crippen LogP contribution < -0.4 is 0 Å². The first-order chi connectivity index (χ1) is 11.3. The molecule has 3 aromatic carbocycles. The summed E-state index contributed by atoms with van der Waals surface area (Å²) in [5.41, 5.74) is 5.52. The molecule has 0 bridgehead atoms. The van der Waals surface area contributed by atoms with Crippen molar-refractivity contribution >= 4 is 26.8 Å². The first-order valence-electron chi connectivity index (χ1n) is 7.52. The number of hydrogen-bond acceptors (Lipinski definition) is 1. The number of rotatable bonds is 2. The lowest BCUT2D eigenvalue weighted by Gasteiger charge is -2.08. The molecule has 0 N–H and O–H groups in total. The molecule has 0 aliphatic carbocycles. The summed E-state index contributed by atoms with van der Waals surface area (Å²) in [5.74, 6) is 0. The fourth-order valence-corrected chi connectivity index (χ4v) is 3.36. The van der Waals surface area contributed by atoms with Gasteiger partial charge in [0.05, 0.1) is 11.2 Å². The van der Waals surface area contributed by atoms with Gasteiger partial charge in [0.25, 0.3) is 0 Å². The maximum atomic E-state index is 4.77. The smallest absolute Gasteiger partial charge is 0.0710 e. The van der Waals surface area contributed by atoms with Crippen LogP contribution in [0.2, 0.25) is 0 Å². The molecule has 0 fully saturated rings. The van der Waals surface area contributed by atoms with Gasteiger partial charge < -0.3 is 0 Å². The third kappa shape index (κ3) is 2.78. The average molecular weight is 360 g/mol. The second kappa shape index (κ2) is 5.98. The predicted molar refractivity (Wildman–Crippen MR) is 100 cm³/mol. The SMILES string of the molecule is Brc1cc(-c2ccc3ccccc3n2)ccc1-c1ccccc1. The molecular weight excluding hydrogens is 346 g/mol. The van der Waals surface area contributed by atoms with Gasteiger partial charge >= 0.3 is 0 Å². The lowest BCUT2D eigenvalue weighted by molar-refractivity contribution is 1.39. The third-order valence-corrected chi connectivity index (χ3v) is 4.60. The van der Waals surface area contributed by atoms with E-state index in [4.69, 9.17) is 4.98 Å². The van der Waals surface area contributed by atoms with E-state index in [1.807, 2.05) is 24.3 Å². The first kappa shape index (κ1) is 14.2. The number of para-hydroxylation sites is 1. The third-order valence-electron chi connectivity index (χ3n) is 3.95. The van der Waals surface area contributed by atoms with Gasteiger partial charge in [0.2, 0.25) is 0 Å². The van der Waals surface area contributed by atoms with E-state index in [0.717, 1.165) is 26.6 Å². The zero-order valence-electron chi connectivity index (χ0n) is 12.4. The highest BCUT2D eigenvalue weighted by molar-refractivity contribution is 9.10. The molecule has 23 heavy (non-hydrogen) atoms. The summed E-state index contributed by atoms with van der Waals surface area (Å²) in [4.78, 5) is 4.77. The van der Waals surface area contributed by atoms with Crippen molar-refractivity contribution in [3.05, 3.63) is 89.4 Å². The average Bonchev–Trinajstić information content (AvgIpc) is 2.62. The van der Waals surface area contributed by atoms with Crippen LogP contribution in [-0.4, -0.2) is 4.98 Å². The first-order valence-corrected chi connectivity index (χ1v) is 8.32. The van der Waals surface area contributed by atoms with Crippen molar-refractivity contribution in [1.82, 2.24) is 4.98 Å². The van der Waals surface area contributed by atoms with Crippen LogP contribution in [0, 0.1) is 0 Å². The van der Waals surface area contributed by atoms with Crippen molar-refractivity contribution in [3.63, 3.8) is 0 Å². The Kier molecular flexibility index (Phi) is 3.68. The van der Waals surface area contributed by atoms with E-state index in [1.54, 1.807) is 0 Å². The normalized spacial score (nSPS) is 10.8. The van der Waals surface area contributed by atoms with E-state index in [2.05, 4.69) is 76.6 Å². The quantitative estimate of drug-likeness (QED) is 0.407. The topological polar surface area (TPSA) is 12.9 Å². The Bertz CT molecular complexity index is 977. The molecule has 0 unspecified atom stereocenters. The molecule has 0 aliphatic rings. The van der Waals surface area contributed by atoms with E-state index in [9.17, 15) is 0 Å². The fourth-order valence-electron chi connectivity index (χ4n) is 2.75. The molecule has 1 aromatic heterocycles. The fraction of sp³-hybridized carbons (Fsp3) is 0. The van der Waals surface area contributed by atoms with Crippen LogP contribution in [0.25, 0.3) is 33.3 Å². The Morgan fingerprint density at radius 1 is 0.652 bits per heavy atom. The van der Waals surface area contributed by atoms with Crippen molar-refractivity contribution in [1.29, 1.82) is 0 Å². The summed E-state index contributed by atoms with van der Waals surface area (Å²) >= 11 is 3.70. The van der Waals surface area contributed by atoms with E-state index in [-0.39, 0.29) is 0 Å². The van der Waals surface area contributed by atoms with Gasteiger partial charge in [-0.3, -0.25) is 0 Å². The Hall–Kier alpha value is -2.45. The molecular formula is C21H14BrN. The summed E-state index contributed by atoms with van der Waals surface area (Å²) < 4.78 is 1.08. The van der Waals surface area contributed by atoms with Crippen molar-refractivity contribution in [2.75, 3.05) is 0 Å². The summed E-state index contributed by atoms with van der Waals surface area (Å²) in [5, 5.41) is 1.16. The molecule has 0 saturated heterocycles. The van der Waals surface area contributed by atoms with Crippen LogP contribution in [0.5, 0.6) is 0 Å². The van der Waals surface area contributed by atoms with Crippen molar-refractivity contribution in [2.45, 2.75) is 0 Å². The molecule has 4 rings (SSSR count). The maximum Gasteiger partial charge on any atom is 0.0710 e. The van der Waals surface area contributed by atoms with Gasteiger partial charge in [0.1, 0.15) is 0 Å². The molecule has 0 radical (unpaired) electrons. The van der Waals surface area contributed by atoms with E-state index in [1.165, 1.54) is 11.1 Å². The summed E-state index contributed by atoms with van der Waals surface area (Å²) in [6, 6.07) is 29.2. The standard InChI is InChI=1S/C21H14BrN/c22-19-14-17(10-12-18(19)15-6-2-1-3-7-15)21-13-11-16-8-4-5-9-20(16)23-21/h1-14H. The van der Waals surface area contributed by atoms with Gasteiger partial charge in [-0.25, -0.2) is 4.98 Å². The maximum absolute atomic E-state index is 4.77. The van der Waals surface area contributed by atoms with E-state index < -0.39 is 0 Å². The molecule has 0 amide bonds. The number of hydrogen-bond donors (Lipinski definition) is 0. The summed E-state index contributed by atoms with van der Waals surface area (Å²) in [6.45, 7) is 0. The molecule has 1 heterocycles. The molecule has 4 aromatic rings. The Morgan fingerprint density at radius 2 is 1.43 bits per heavy atom. The van der Waals surface area contributed by atoms with Gasteiger partial charge in [0, 0.05) is 15.4 Å². The highest BCUT2D eigenvalue weighted by atomic mass is 79.9. The largest absolute Gasteiger partial charge is 0.248 e. The Morgan fingerprint density at radius 3 is 2.26 bits per heavy atom. The van der Waals surface area contributed by atoms with Gasteiger partial charge in [0.15, 0.2) is 0 Å². The van der Waals surface area contributed by atoms with Gasteiger partial charge in [-0.05, 0) is 29.3 Å². The monoisotopic (exact) mass is 359 g/mol. The summed E-state index contributed by atoms with van der Waals surface area (Å²) in [6.07, 6.45) is 0. The van der Waals surface area contributed by atoms with Crippen LogP contribution in [0.15, 0.2) is 89.4 Å². The number of halogens is 1. The molecule has 110 valence electrons. The lowest BCUT2D eigenvalue weighted by atomic mass is 10.0. The Labute approximate surface area is 143 Å². The van der Waals surface area contributed by atoms with Crippen molar-refractivity contribution in [2.24, 2.45) is 0 Å². The zero-order chi connectivity index (χ0) is 15.6. The molecule has 0 spiro atoms. The minimum atomic E-state index is 0.990. The van der Waals surface area contributed by atoms with Crippen LogP contribution >= 0.6 is 15.9 Å². The number of pyridine rings is 1. The second-order valence-electron chi connectivity index (χ2n) is 5.45. The Balaban J connectivity index is 1.78. The van der Waals surface area contributed by atoms with E-state index in [0.29, 0.717) is 0 Å². The molecule has 0 atom stereocenters.